The van der Waals surface area contributed by atoms with Crippen molar-refractivity contribution in [3.8, 4) is 11.5 Å². The van der Waals surface area contributed by atoms with Crippen LogP contribution in [-0.2, 0) is 4.79 Å². The second-order valence-electron chi connectivity index (χ2n) is 6.47. The van der Waals surface area contributed by atoms with Gasteiger partial charge in [0.05, 0.1) is 13.3 Å². The number of hydrazone groups is 1. The minimum atomic E-state index is -0.331. The van der Waals surface area contributed by atoms with E-state index in [0.29, 0.717) is 11.5 Å². The quantitative estimate of drug-likeness (QED) is 0.603. The molecule has 0 saturated carbocycles. The summed E-state index contributed by atoms with van der Waals surface area (Å²) in [6, 6.07) is 13.4. The molecule has 1 heterocycles. The summed E-state index contributed by atoms with van der Waals surface area (Å²) in [6.45, 7) is 4.21. The smallest absolute Gasteiger partial charge is 0.277 e. The highest BCUT2D eigenvalue weighted by atomic mass is 16.5. The topological polar surface area (TPSA) is 63.2 Å². The predicted octanol–water partition coefficient (Wildman–Crippen LogP) is 3.13. The third-order valence-electron chi connectivity index (χ3n) is 4.50. The molecule has 1 aliphatic rings. The van der Waals surface area contributed by atoms with Crippen molar-refractivity contribution in [1.29, 1.82) is 0 Å². The summed E-state index contributed by atoms with van der Waals surface area (Å²) in [7, 11) is 1.56. The Morgan fingerprint density at radius 2 is 1.93 bits per heavy atom. The molecule has 2 aromatic rings. The normalized spacial score (nSPS) is 13.8. The van der Waals surface area contributed by atoms with Gasteiger partial charge in [-0.2, -0.15) is 5.10 Å². The predicted molar refractivity (Wildman–Crippen MR) is 107 cm³/mol. The minimum Gasteiger partial charge on any atom is -0.493 e. The first-order valence-corrected chi connectivity index (χ1v) is 9.10. The van der Waals surface area contributed by atoms with E-state index in [1.54, 1.807) is 25.5 Å². The number of methoxy groups -OCH3 is 1. The Hall–Kier alpha value is -3.02. The lowest BCUT2D eigenvalue weighted by molar-refractivity contribution is -0.123. The molecule has 0 atom stereocenters. The molecule has 1 saturated heterocycles. The lowest BCUT2D eigenvalue weighted by atomic mass is 10.1. The van der Waals surface area contributed by atoms with Crippen molar-refractivity contribution >= 4 is 17.8 Å². The van der Waals surface area contributed by atoms with Gasteiger partial charge in [-0.25, -0.2) is 5.43 Å². The van der Waals surface area contributed by atoms with Crippen LogP contribution in [0.15, 0.2) is 47.6 Å². The fourth-order valence-corrected chi connectivity index (χ4v) is 3.16. The third-order valence-corrected chi connectivity index (χ3v) is 4.50. The average molecular weight is 367 g/mol. The summed E-state index contributed by atoms with van der Waals surface area (Å²) in [6.07, 6.45) is 4.15. The van der Waals surface area contributed by atoms with Crippen molar-refractivity contribution in [2.24, 2.45) is 5.10 Å². The summed E-state index contributed by atoms with van der Waals surface area (Å²) in [5.74, 6) is 0.775. The molecule has 27 heavy (non-hydrogen) atoms. The first-order chi connectivity index (χ1) is 13.2. The van der Waals surface area contributed by atoms with Crippen LogP contribution in [0.4, 0.5) is 5.69 Å². The number of aryl methyl sites for hydroxylation is 1. The van der Waals surface area contributed by atoms with Gasteiger partial charge in [0.2, 0.25) is 0 Å². The van der Waals surface area contributed by atoms with Crippen molar-refractivity contribution in [2.45, 2.75) is 19.8 Å². The van der Waals surface area contributed by atoms with Gasteiger partial charge in [0, 0.05) is 18.8 Å². The van der Waals surface area contributed by atoms with E-state index in [4.69, 9.17) is 9.47 Å². The number of hydrogen-bond donors (Lipinski definition) is 1. The number of hydrogen-bond acceptors (Lipinski definition) is 5. The Bertz CT molecular complexity index is 814. The maximum Gasteiger partial charge on any atom is 0.277 e. The molecule has 0 radical (unpaired) electrons. The molecule has 0 unspecified atom stereocenters. The van der Waals surface area contributed by atoms with Gasteiger partial charge in [0.15, 0.2) is 18.1 Å². The molecule has 142 valence electrons. The van der Waals surface area contributed by atoms with Crippen molar-refractivity contribution < 1.29 is 14.3 Å². The Morgan fingerprint density at radius 1 is 1.19 bits per heavy atom. The van der Waals surface area contributed by atoms with Gasteiger partial charge in [0.1, 0.15) is 0 Å². The molecule has 2 aromatic carbocycles. The second-order valence-corrected chi connectivity index (χ2v) is 6.47. The minimum absolute atomic E-state index is 0.134. The fourth-order valence-electron chi connectivity index (χ4n) is 3.16. The van der Waals surface area contributed by atoms with Gasteiger partial charge < -0.3 is 14.4 Å². The van der Waals surface area contributed by atoms with E-state index in [1.807, 2.05) is 18.2 Å². The van der Waals surface area contributed by atoms with Crippen molar-refractivity contribution in [3.63, 3.8) is 0 Å². The van der Waals surface area contributed by atoms with E-state index >= 15 is 0 Å². The zero-order valence-corrected chi connectivity index (χ0v) is 15.8. The SMILES string of the molecule is COc1ccccc1OCC(=O)NN=Cc1ccc(N2CCCC2)c(C)c1. The van der Waals surface area contributed by atoms with Crippen LogP contribution in [0.3, 0.4) is 0 Å². The molecule has 6 nitrogen and oxygen atoms in total. The summed E-state index contributed by atoms with van der Waals surface area (Å²) >= 11 is 0. The molecule has 1 fully saturated rings. The molecule has 3 rings (SSSR count). The number of nitrogens with one attached hydrogen (secondary N) is 1. The van der Waals surface area contributed by atoms with Gasteiger partial charge in [-0.05, 0) is 55.2 Å². The first-order valence-electron chi connectivity index (χ1n) is 9.10. The average Bonchev–Trinajstić information content (AvgIpc) is 3.21. The summed E-state index contributed by atoms with van der Waals surface area (Å²) in [5, 5.41) is 4.02. The van der Waals surface area contributed by atoms with Gasteiger partial charge in [0.25, 0.3) is 5.91 Å². The maximum atomic E-state index is 11.9. The molecule has 1 N–H and O–H groups in total. The van der Waals surface area contributed by atoms with Gasteiger partial charge >= 0.3 is 0 Å². The molecule has 0 aliphatic carbocycles. The van der Waals surface area contributed by atoms with Crippen LogP contribution in [0, 0.1) is 6.92 Å². The zero-order chi connectivity index (χ0) is 19.1. The molecule has 0 bridgehead atoms. The van der Waals surface area contributed by atoms with Crippen LogP contribution in [0.1, 0.15) is 24.0 Å². The number of anilines is 1. The maximum absolute atomic E-state index is 11.9. The highest BCUT2D eigenvalue weighted by molar-refractivity contribution is 5.84. The van der Waals surface area contributed by atoms with Crippen LogP contribution in [-0.4, -0.2) is 38.9 Å². The number of nitrogens with zero attached hydrogens (tertiary/aromatic N) is 2. The molecule has 1 aliphatic heterocycles. The molecule has 0 aromatic heterocycles. The van der Waals surface area contributed by atoms with Crippen LogP contribution in [0.25, 0.3) is 0 Å². The third kappa shape index (κ3) is 5.00. The van der Waals surface area contributed by atoms with Crippen LogP contribution >= 0.6 is 0 Å². The summed E-state index contributed by atoms with van der Waals surface area (Å²) in [5.41, 5.74) is 5.92. The number of ether oxygens (including phenoxy) is 2. The molecular formula is C21H25N3O3. The van der Waals surface area contributed by atoms with E-state index in [-0.39, 0.29) is 12.5 Å². The Balaban J connectivity index is 1.51. The number of benzene rings is 2. The number of carbonyl (C=O) groups excluding carboxylic acids is 1. The number of carbonyl (C=O) groups is 1. The lowest BCUT2D eigenvalue weighted by Crippen LogP contribution is -2.24. The van der Waals surface area contributed by atoms with E-state index in [9.17, 15) is 4.79 Å². The monoisotopic (exact) mass is 367 g/mol. The fraction of sp³-hybridized carbons (Fsp3) is 0.333. The summed E-state index contributed by atoms with van der Waals surface area (Å²) in [4.78, 5) is 14.3. The Morgan fingerprint density at radius 3 is 2.63 bits per heavy atom. The van der Waals surface area contributed by atoms with Crippen LogP contribution < -0.4 is 19.8 Å². The number of rotatable bonds is 7. The van der Waals surface area contributed by atoms with E-state index in [1.165, 1.54) is 24.1 Å². The van der Waals surface area contributed by atoms with Crippen LogP contribution in [0.2, 0.25) is 0 Å². The van der Waals surface area contributed by atoms with Crippen molar-refractivity contribution in [2.75, 3.05) is 31.7 Å². The first kappa shape index (κ1) is 18.8. The zero-order valence-electron chi connectivity index (χ0n) is 15.8. The highest BCUT2D eigenvalue weighted by Gasteiger charge is 2.14. The Kier molecular flexibility index (Phi) is 6.30. The van der Waals surface area contributed by atoms with Gasteiger partial charge in [-0.1, -0.05) is 18.2 Å². The van der Waals surface area contributed by atoms with Gasteiger partial charge in [-0.3, -0.25) is 4.79 Å². The molecule has 0 spiro atoms. The number of amides is 1. The second kappa shape index (κ2) is 9.07. The number of para-hydroxylation sites is 2. The van der Waals surface area contributed by atoms with E-state index in [2.05, 4.69) is 34.5 Å². The molecule has 1 amide bonds. The summed E-state index contributed by atoms with van der Waals surface area (Å²) < 4.78 is 10.7. The van der Waals surface area contributed by atoms with Crippen molar-refractivity contribution in [1.82, 2.24) is 5.43 Å². The van der Waals surface area contributed by atoms with Gasteiger partial charge in [-0.15, -0.1) is 0 Å². The van der Waals surface area contributed by atoms with Crippen molar-refractivity contribution in [3.05, 3.63) is 53.6 Å². The standard InChI is InChI=1S/C21H25N3O3/c1-16-13-17(9-10-18(16)24-11-5-6-12-24)14-22-23-21(25)15-27-20-8-4-3-7-19(20)26-2/h3-4,7-10,13-14H,5-6,11-12,15H2,1-2H3,(H,23,25). The molecule has 6 heteroatoms. The largest absolute Gasteiger partial charge is 0.493 e. The van der Waals surface area contributed by atoms with E-state index < -0.39 is 0 Å². The van der Waals surface area contributed by atoms with Crippen LogP contribution in [0.5, 0.6) is 11.5 Å². The Labute approximate surface area is 159 Å². The van der Waals surface area contributed by atoms with E-state index in [0.717, 1.165) is 18.7 Å². The molecular weight excluding hydrogens is 342 g/mol. The highest BCUT2D eigenvalue weighted by Crippen LogP contribution is 2.26. The lowest BCUT2D eigenvalue weighted by Gasteiger charge is -2.20.